The molecule has 0 unspecified atom stereocenters. The molecule has 1 aromatic heterocycles. The number of para-hydroxylation sites is 3. The van der Waals surface area contributed by atoms with E-state index in [-0.39, 0.29) is 11.8 Å². The first-order chi connectivity index (χ1) is 46.6. The molecule has 0 amide bonds. The van der Waals surface area contributed by atoms with Gasteiger partial charge in [-0.3, -0.25) is 0 Å². The largest absolute Gasteiger partial charge is 0.457 e. The lowest BCUT2D eigenvalue weighted by Gasteiger charge is -2.45. The van der Waals surface area contributed by atoms with E-state index in [1.54, 1.807) is 0 Å². The van der Waals surface area contributed by atoms with Gasteiger partial charge in [-0.05, 0) is 93.1 Å². The smallest absolute Gasteiger partial charge is 0.145 e. The molecule has 10 aromatic carbocycles. The van der Waals surface area contributed by atoms with Crippen LogP contribution < -0.4 is 9.64 Å². The fourth-order valence-corrected chi connectivity index (χ4v) is 8.93. The Balaban J connectivity index is 1.25. The van der Waals surface area contributed by atoms with Gasteiger partial charge in [0.05, 0.1) is 67.2 Å². The van der Waals surface area contributed by atoms with Crippen molar-refractivity contribution in [2.75, 3.05) is 4.90 Å². The van der Waals surface area contributed by atoms with Crippen LogP contribution in [-0.4, -0.2) is 0 Å². The van der Waals surface area contributed by atoms with Gasteiger partial charge in [-0.15, -0.1) is 0 Å². The Morgan fingerprint density at radius 1 is 0.460 bits per heavy atom. The number of hydrogen-bond donors (Lipinski definition) is 0. The Hall–Kier alpha value is -7.79. The van der Waals surface area contributed by atoms with E-state index in [9.17, 15) is 27.4 Å². The maximum atomic E-state index is 10.2. The van der Waals surface area contributed by atoms with E-state index < -0.39 is 345 Å². The average molecular weight is 861 g/mol. The summed E-state index contributed by atoms with van der Waals surface area (Å²) in [7, 11) is 0. The number of hydrogen-bond acceptors (Lipinski definition) is 4. The number of nitrogens with zero attached hydrogens (tertiary/aromatic N) is 1. The molecule has 3 nitrogen and oxygen atoms in total. The van der Waals surface area contributed by atoms with E-state index in [2.05, 4.69) is 0 Å². The molecule has 0 atom stereocenters. The first-order valence-electron chi connectivity index (χ1n) is 36.9. The summed E-state index contributed by atoms with van der Waals surface area (Å²) in [5.74, 6) is -1.86. The van der Waals surface area contributed by atoms with Crippen LogP contribution in [0.3, 0.4) is 0 Å². The van der Waals surface area contributed by atoms with Crippen LogP contribution in [-0.2, 0) is 5.41 Å². The second-order valence-electron chi connectivity index (χ2n) is 13.5. The standard InChI is InChI=1S/C59H37NO2S/c1-2-15-38(16-3-1)39-29-33-42(34-30-39)60(51-37-41-17-4-5-18-44(41)57-56(51)46-19-6-10-25-52(46)62-57)43-35-31-40(32-36-43)45-20-14-24-50-58(45)63-55-28-13-9-23-49(55)59(50)47-21-7-11-26-53(47)61-54-27-12-8-22-48(54)59/h1-37H/i1D,2D,3D,4D,5D,6D,7D,8D,9D,10D,11D,12D,13D,14D,15D,16D,17D,18D,19D,20D,21D,22D,23D,24D,25D,26D,27D,28D,29D,30D,31D,32D,33D,34D,35D,36D,37D. The quantitative estimate of drug-likeness (QED) is 0.172. The van der Waals surface area contributed by atoms with Crippen molar-refractivity contribution in [1.82, 2.24) is 0 Å². The van der Waals surface area contributed by atoms with Gasteiger partial charge in [-0.1, -0.05) is 181 Å². The Morgan fingerprint density at radius 2 is 1.03 bits per heavy atom. The zero-order valence-electron chi connectivity index (χ0n) is 68.2. The van der Waals surface area contributed by atoms with Gasteiger partial charge in [0.25, 0.3) is 0 Å². The van der Waals surface area contributed by atoms with Crippen molar-refractivity contribution >= 4 is 61.5 Å². The van der Waals surface area contributed by atoms with Gasteiger partial charge in [0.2, 0.25) is 0 Å². The maximum absolute atomic E-state index is 10.2. The maximum Gasteiger partial charge on any atom is 0.145 e. The molecule has 11 aromatic rings. The summed E-state index contributed by atoms with van der Waals surface area (Å²) in [5, 5.41) is -3.07. The highest BCUT2D eigenvalue weighted by Gasteiger charge is 2.49. The molecule has 0 saturated carbocycles. The number of benzene rings is 10. The van der Waals surface area contributed by atoms with Crippen molar-refractivity contribution in [1.29, 1.82) is 0 Å². The molecule has 1 spiro atoms. The molecule has 0 fully saturated rings. The van der Waals surface area contributed by atoms with Crippen LogP contribution in [0.2, 0.25) is 0 Å². The van der Waals surface area contributed by atoms with Crippen molar-refractivity contribution in [3.63, 3.8) is 0 Å². The van der Waals surface area contributed by atoms with E-state index in [1.165, 1.54) is 0 Å². The second kappa shape index (κ2) is 14.1. The minimum Gasteiger partial charge on any atom is -0.457 e. The second-order valence-corrected chi connectivity index (χ2v) is 14.6. The van der Waals surface area contributed by atoms with Crippen LogP contribution in [0.5, 0.6) is 11.5 Å². The minimum atomic E-state index is -3.14. The molecule has 3 heterocycles. The van der Waals surface area contributed by atoms with Gasteiger partial charge >= 0.3 is 0 Å². The van der Waals surface area contributed by atoms with Crippen LogP contribution in [0.15, 0.2) is 238 Å². The van der Waals surface area contributed by atoms with Gasteiger partial charge in [-0.2, -0.15) is 0 Å². The summed E-state index contributed by atoms with van der Waals surface area (Å²) in [6.07, 6.45) is 0. The fourth-order valence-electron chi connectivity index (χ4n) is 7.76. The van der Waals surface area contributed by atoms with Crippen molar-refractivity contribution in [2.45, 2.75) is 15.2 Å². The lowest BCUT2D eigenvalue weighted by atomic mass is 9.63. The molecule has 13 rings (SSSR count). The summed E-state index contributed by atoms with van der Waals surface area (Å²) in [6, 6.07) is -41.1. The predicted molar refractivity (Wildman–Crippen MR) is 259 cm³/mol. The van der Waals surface area contributed by atoms with Gasteiger partial charge in [0.15, 0.2) is 0 Å². The molecule has 0 N–H and O–H groups in total. The molecular formula is C59H37NO2S. The highest BCUT2D eigenvalue weighted by atomic mass is 32.2. The molecule has 0 aliphatic carbocycles. The zero-order valence-corrected chi connectivity index (χ0v) is 32.0. The van der Waals surface area contributed by atoms with E-state index in [1.807, 2.05) is 0 Å². The summed E-state index contributed by atoms with van der Waals surface area (Å²) in [6.45, 7) is 0. The van der Waals surface area contributed by atoms with Gasteiger partial charge < -0.3 is 14.1 Å². The van der Waals surface area contributed by atoms with Crippen LogP contribution in [0.4, 0.5) is 17.1 Å². The monoisotopic (exact) mass is 860 g/mol. The van der Waals surface area contributed by atoms with E-state index in [0.29, 0.717) is 4.90 Å². The Kier molecular flexibility index (Phi) is 3.35. The molecule has 2 aliphatic rings. The van der Waals surface area contributed by atoms with Crippen molar-refractivity contribution < 1.29 is 59.9 Å². The third-order valence-electron chi connectivity index (χ3n) is 10.3. The summed E-state index contributed by atoms with van der Waals surface area (Å²) >= 11 is 0.247. The molecule has 0 saturated heterocycles. The SMILES string of the molecule is [2H]c1c([2H])c([2H])c(-c2c([2H])c([2H])c(N(c3c([2H])c([2H])c(-c4c([2H])c([2H])c([2H])c5c4Sc4c([2H])c([2H])c([2H])c([2H])c4C54c5c([2H])c([2H])c([2H])c([2H])c5Oc5c([2H])c([2H])c([2H])c([2H])c54)c([2H])c3[2H])c3c([2H])c4c([2H])c([2H])c([2H])c([2H])c4c4oc5c([2H])c([2H])c([2H])c([2H])c5c34)c([2H])c2[2H])c([2H])c1[2H]. The Morgan fingerprint density at radius 3 is 1.78 bits per heavy atom. The number of rotatable bonds is 5. The molecule has 0 bridgehead atoms. The topological polar surface area (TPSA) is 25.6 Å². The van der Waals surface area contributed by atoms with Crippen molar-refractivity contribution in [2.24, 2.45) is 0 Å². The third kappa shape index (κ3) is 5.41. The molecule has 0 radical (unpaired) electrons. The fraction of sp³-hybridized carbons (Fsp3) is 0.0169. The van der Waals surface area contributed by atoms with Crippen LogP contribution in [0.25, 0.3) is 55.0 Å². The zero-order chi connectivity index (χ0) is 73.7. The Bertz CT molecular complexity index is 5600. The van der Waals surface area contributed by atoms with Gasteiger partial charge in [-0.25, -0.2) is 0 Å². The molecule has 63 heavy (non-hydrogen) atoms. The molecule has 4 heteroatoms. The van der Waals surface area contributed by atoms with Gasteiger partial charge in [0.1, 0.15) is 22.7 Å². The van der Waals surface area contributed by atoms with Crippen LogP contribution >= 0.6 is 11.8 Å². The van der Waals surface area contributed by atoms with Crippen molar-refractivity contribution in [3.05, 3.63) is 246 Å². The number of furan rings is 1. The average Bonchev–Trinajstić information content (AvgIpc) is 0.756. The minimum absolute atomic E-state index is 0.247. The highest BCUT2D eigenvalue weighted by molar-refractivity contribution is 7.99. The third-order valence-corrected chi connectivity index (χ3v) is 11.4. The predicted octanol–water partition coefficient (Wildman–Crippen LogP) is 16.5. The van der Waals surface area contributed by atoms with Crippen LogP contribution in [0, 0.1) is 0 Å². The molecular weight excluding hydrogens is 787 g/mol. The first-order valence-corrected chi connectivity index (χ1v) is 19.2. The molecule has 2 aliphatic heterocycles. The van der Waals surface area contributed by atoms with Crippen LogP contribution in [0.1, 0.15) is 73.0 Å². The van der Waals surface area contributed by atoms with E-state index >= 15 is 0 Å². The number of anilines is 3. The lowest BCUT2D eigenvalue weighted by Crippen LogP contribution is -2.36. The summed E-state index contributed by atoms with van der Waals surface area (Å²) < 4.78 is 356. The lowest BCUT2D eigenvalue weighted by molar-refractivity contribution is 0.431. The highest BCUT2D eigenvalue weighted by Crippen LogP contribution is 2.62. The Labute approximate surface area is 421 Å². The summed E-state index contributed by atoms with van der Waals surface area (Å²) in [5.41, 5.74) is -15.7. The summed E-state index contributed by atoms with van der Waals surface area (Å²) in [4.78, 5) is -1.05. The van der Waals surface area contributed by atoms with Crippen molar-refractivity contribution in [3.8, 4) is 33.8 Å². The first kappa shape index (κ1) is 14.9. The number of fused-ring (bicyclic) bond motifs is 13. The normalized spacial score (nSPS) is 21.5. The van der Waals surface area contributed by atoms with E-state index in [0.717, 1.165) is 0 Å². The molecule has 296 valence electrons. The van der Waals surface area contributed by atoms with Gasteiger partial charge in [0, 0.05) is 43.1 Å². The van der Waals surface area contributed by atoms with E-state index in [4.69, 9.17) is 32.5 Å². The number of ether oxygens (including phenoxy) is 1.